The zero-order valence-electron chi connectivity index (χ0n) is 18.8. The fourth-order valence-corrected chi connectivity index (χ4v) is 6.34. The van der Waals surface area contributed by atoms with Crippen LogP contribution in [-0.4, -0.2) is 54.1 Å². The largest absolute Gasteiger partial charge is 0.497 e. The number of methoxy groups -OCH3 is 1. The summed E-state index contributed by atoms with van der Waals surface area (Å²) < 4.78 is 34.8. The first-order valence-electron chi connectivity index (χ1n) is 11.0. The van der Waals surface area contributed by atoms with E-state index in [1.807, 2.05) is 17.6 Å². The summed E-state index contributed by atoms with van der Waals surface area (Å²) in [7, 11) is -1.93. The van der Waals surface area contributed by atoms with Crippen LogP contribution >= 0.6 is 11.8 Å². The number of benzene rings is 2. The van der Waals surface area contributed by atoms with Gasteiger partial charge >= 0.3 is 0 Å². The quantitative estimate of drug-likeness (QED) is 0.482. The van der Waals surface area contributed by atoms with Crippen molar-refractivity contribution in [2.24, 2.45) is 0 Å². The second kappa shape index (κ2) is 10.1. The number of hydrogen-bond acceptors (Lipinski definition) is 6. The molecular formula is C23H28N4O4S2. The Morgan fingerprint density at radius 3 is 2.52 bits per heavy atom. The van der Waals surface area contributed by atoms with Crippen molar-refractivity contribution in [2.45, 2.75) is 42.8 Å². The highest BCUT2D eigenvalue weighted by Crippen LogP contribution is 2.28. The first-order chi connectivity index (χ1) is 15.9. The monoisotopic (exact) mass is 488 g/mol. The van der Waals surface area contributed by atoms with Crippen LogP contribution in [0.2, 0.25) is 0 Å². The average Bonchev–Trinajstić information content (AvgIpc) is 3.20. The molecule has 4 rings (SSSR count). The lowest BCUT2D eigenvalue weighted by Gasteiger charge is -2.25. The van der Waals surface area contributed by atoms with E-state index in [1.54, 1.807) is 47.8 Å². The van der Waals surface area contributed by atoms with Crippen LogP contribution in [0.3, 0.4) is 0 Å². The van der Waals surface area contributed by atoms with E-state index in [-0.39, 0.29) is 16.6 Å². The molecule has 2 heterocycles. The maximum absolute atomic E-state index is 13.0. The molecule has 0 aliphatic carbocycles. The normalized spacial score (nSPS) is 15.0. The maximum Gasteiger partial charge on any atom is 0.243 e. The summed E-state index contributed by atoms with van der Waals surface area (Å²) in [5.74, 6) is 0.767. The summed E-state index contributed by atoms with van der Waals surface area (Å²) in [5, 5.41) is 3.55. The van der Waals surface area contributed by atoms with Gasteiger partial charge < -0.3 is 14.6 Å². The zero-order valence-corrected chi connectivity index (χ0v) is 20.4. The van der Waals surface area contributed by atoms with Crippen LogP contribution in [0.1, 0.15) is 26.2 Å². The second-order valence-electron chi connectivity index (χ2n) is 7.82. The molecule has 33 heavy (non-hydrogen) atoms. The molecule has 2 aromatic carbocycles. The van der Waals surface area contributed by atoms with Gasteiger partial charge in [-0.2, -0.15) is 4.31 Å². The molecule has 1 fully saturated rings. The van der Waals surface area contributed by atoms with Gasteiger partial charge in [-0.3, -0.25) is 4.79 Å². The summed E-state index contributed by atoms with van der Waals surface area (Å²) in [4.78, 5) is 17.4. The number of rotatable bonds is 8. The number of imidazole rings is 1. The molecule has 8 nitrogen and oxygen atoms in total. The molecule has 1 amide bonds. The number of hydrogen-bond donors (Lipinski definition) is 1. The molecule has 0 bridgehead atoms. The Morgan fingerprint density at radius 2 is 1.85 bits per heavy atom. The SMILES string of the molecule is CCn1c(SCC(=O)Nc2ccc(OC)cc2)nc2cc(S(=O)(=O)N3CCCCC3)ccc21. The number of piperidine rings is 1. The summed E-state index contributed by atoms with van der Waals surface area (Å²) in [5.41, 5.74) is 2.17. The molecule has 1 N–H and O–H groups in total. The number of anilines is 1. The number of ether oxygens (including phenoxy) is 1. The van der Waals surface area contributed by atoms with E-state index in [9.17, 15) is 13.2 Å². The van der Waals surface area contributed by atoms with Crippen LogP contribution in [0.15, 0.2) is 52.5 Å². The van der Waals surface area contributed by atoms with E-state index in [0.29, 0.717) is 36.0 Å². The summed E-state index contributed by atoms with van der Waals surface area (Å²) >= 11 is 1.33. The third kappa shape index (κ3) is 5.18. The van der Waals surface area contributed by atoms with Gasteiger partial charge in [0.15, 0.2) is 5.16 Å². The number of aromatic nitrogens is 2. The van der Waals surface area contributed by atoms with Crippen LogP contribution in [0.4, 0.5) is 5.69 Å². The lowest BCUT2D eigenvalue weighted by Crippen LogP contribution is -2.35. The Bertz CT molecular complexity index is 1230. The van der Waals surface area contributed by atoms with Crippen LogP contribution in [0.25, 0.3) is 11.0 Å². The van der Waals surface area contributed by atoms with E-state index < -0.39 is 10.0 Å². The lowest BCUT2D eigenvalue weighted by molar-refractivity contribution is -0.113. The van der Waals surface area contributed by atoms with Gasteiger partial charge in [-0.25, -0.2) is 13.4 Å². The van der Waals surface area contributed by atoms with Crippen LogP contribution < -0.4 is 10.1 Å². The average molecular weight is 489 g/mol. The van der Waals surface area contributed by atoms with Crippen molar-refractivity contribution in [1.29, 1.82) is 0 Å². The third-order valence-corrected chi connectivity index (χ3v) is 8.53. The van der Waals surface area contributed by atoms with Crippen molar-refractivity contribution in [1.82, 2.24) is 13.9 Å². The van der Waals surface area contributed by atoms with Crippen molar-refractivity contribution in [2.75, 3.05) is 31.3 Å². The van der Waals surface area contributed by atoms with Crippen molar-refractivity contribution in [3.05, 3.63) is 42.5 Å². The smallest absolute Gasteiger partial charge is 0.243 e. The highest BCUT2D eigenvalue weighted by atomic mass is 32.2. The van der Waals surface area contributed by atoms with E-state index in [0.717, 1.165) is 30.5 Å². The topological polar surface area (TPSA) is 93.5 Å². The summed E-state index contributed by atoms with van der Waals surface area (Å²) in [6, 6.07) is 12.3. The predicted molar refractivity (Wildman–Crippen MR) is 130 cm³/mol. The maximum atomic E-state index is 13.0. The number of sulfonamides is 1. The Morgan fingerprint density at radius 1 is 1.12 bits per heavy atom. The number of aryl methyl sites for hydroxylation is 1. The fourth-order valence-electron chi connectivity index (χ4n) is 3.92. The zero-order chi connectivity index (χ0) is 23.4. The number of carbonyl (C=O) groups is 1. The molecule has 1 aliphatic rings. The minimum atomic E-state index is -3.52. The molecule has 0 saturated carbocycles. The molecule has 0 radical (unpaired) electrons. The van der Waals surface area contributed by atoms with Gasteiger partial charge in [-0.05, 0) is 62.2 Å². The van der Waals surface area contributed by atoms with Gasteiger partial charge in [0.25, 0.3) is 0 Å². The standard InChI is InChI=1S/C23H28N4O4S2/c1-3-27-21-12-11-19(33(29,30)26-13-5-4-6-14-26)15-20(21)25-23(27)32-16-22(28)24-17-7-9-18(31-2)10-8-17/h7-12,15H,3-6,13-14,16H2,1-2H3,(H,24,28). The minimum absolute atomic E-state index is 0.145. The lowest BCUT2D eigenvalue weighted by atomic mass is 10.2. The first-order valence-corrected chi connectivity index (χ1v) is 13.4. The van der Waals surface area contributed by atoms with Gasteiger partial charge in [0.05, 0.1) is 28.8 Å². The molecule has 10 heteroatoms. The number of thioether (sulfide) groups is 1. The Labute approximate surface area is 198 Å². The van der Waals surface area contributed by atoms with E-state index in [2.05, 4.69) is 10.3 Å². The molecule has 1 aliphatic heterocycles. The number of nitrogens with one attached hydrogen (secondary N) is 1. The summed E-state index contributed by atoms with van der Waals surface area (Å²) in [6.07, 6.45) is 2.86. The van der Waals surface area contributed by atoms with Crippen LogP contribution in [0.5, 0.6) is 5.75 Å². The first kappa shape index (κ1) is 23.6. The van der Waals surface area contributed by atoms with Gasteiger partial charge in [0.2, 0.25) is 15.9 Å². The Kier molecular flexibility index (Phi) is 7.26. The Balaban J connectivity index is 1.49. The number of fused-ring (bicyclic) bond motifs is 1. The third-order valence-electron chi connectivity index (χ3n) is 5.66. The van der Waals surface area contributed by atoms with Gasteiger partial charge in [0, 0.05) is 25.3 Å². The van der Waals surface area contributed by atoms with E-state index in [1.165, 1.54) is 11.8 Å². The van der Waals surface area contributed by atoms with Crippen molar-refractivity contribution < 1.29 is 17.9 Å². The van der Waals surface area contributed by atoms with Crippen LogP contribution in [0, 0.1) is 0 Å². The molecule has 0 unspecified atom stereocenters. The molecule has 1 saturated heterocycles. The van der Waals surface area contributed by atoms with Gasteiger partial charge in [0.1, 0.15) is 5.75 Å². The predicted octanol–water partition coefficient (Wildman–Crippen LogP) is 3.97. The molecular weight excluding hydrogens is 460 g/mol. The van der Waals surface area contributed by atoms with Crippen molar-refractivity contribution in [3.8, 4) is 5.75 Å². The van der Waals surface area contributed by atoms with Crippen molar-refractivity contribution >= 4 is 44.4 Å². The van der Waals surface area contributed by atoms with Crippen molar-refractivity contribution in [3.63, 3.8) is 0 Å². The molecule has 0 spiro atoms. The number of amides is 1. The number of carbonyl (C=O) groups excluding carboxylic acids is 1. The molecule has 1 aromatic heterocycles. The highest BCUT2D eigenvalue weighted by molar-refractivity contribution is 7.99. The molecule has 0 atom stereocenters. The van der Waals surface area contributed by atoms with Gasteiger partial charge in [-0.15, -0.1) is 0 Å². The fraction of sp³-hybridized carbons (Fsp3) is 0.391. The molecule has 176 valence electrons. The summed E-state index contributed by atoms with van der Waals surface area (Å²) in [6.45, 7) is 3.79. The van der Waals surface area contributed by atoms with E-state index in [4.69, 9.17) is 4.74 Å². The Hall–Kier alpha value is -2.56. The van der Waals surface area contributed by atoms with E-state index >= 15 is 0 Å². The highest BCUT2D eigenvalue weighted by Gasteiger charge is 2.26. The second-order valence-corrected chi connectivity index (χ2v) is 10.7. The molecule has 3 aromatic rings. The number of nitrogens with zero attached hydrogens (tertiary/aromatic N) is 3. The van der Waals surface area contributed by atoms with Gasteiger partial charge in [-0.1, -0.05) is 18.2 Å². The minimum Gasteiger partial charge on any atom is -0.497 e. The van der Waals surface area contributed by atoms with Crippen LogP contribution in [-0.2, 0) is 21.4 Å².